The van der Waals surface area contributed by atoms with Crippen molar-refractivity contribution in [2.45, 2.75) is 33.1 Å². The molecule has 0 saturated carbocycles. The Balaban J connectivity index is 1.68. The maximum Gasteiger partial charge on any atom is 0.228 e. The summed E-state index contributed by atoms with van der Waals surface area (Å²) in [7, 11) is 1.63. The Morgan fingerprint density at radius 3 is 2.62 bits per heavy atom. The number of hydrogen-bond donors (Lipinski definition) is 1. The molecule has 3 rings (SSSR count). The van der Waals surface area contributed by atoms with Gasteiger partial charge in [-0.3, -0.25) is 9.59 Å². The van der Waals surface area contributed by atoms with E-state index in [1.54, 1.807) is 7.11 Å². The topological polar surface area (TPSA) is 58.6 Å². The van der Waals surface area contributed by atoms with E-state index in [1.165, 1.54) is 0 Å². The van der Waals surface area contributed by atoms with Gasteiger partial charge in [0.1, 0.15) is 5.75 Å². The van der Waals surface area contributed by atoms with Crippen LogP contribution in [0, 0.1) is 13.8 Å². The van der Waals surface area contributed by atoms with Gasteiger partial charge >= 0.3 is 0 Å². The van der Waals surface area contributed by atoms with Crippen molar-refractivity contribution in [2.24, 2.45) is 0 Å². The minimum Gasteiger partial charge on any atom is -0.496 e. The molecule has 0 bridgehead atoms. The van der Waals surface area contributed by atoms with E-state index in [0.717, 1.165) is 46.8 Å². The second-order valence-electron chi connectivity index (χ2n) is 6.68. The Hall–Kier alpha value is -2.82. The SMILES string of the molecule is COc1cc(CC(=O)Nc2ccc(N3CCCC3=O)c(C)c2)ccc1C. The van der Waals surface area contributed by atoms with Gasteiger partial charge in [-0.1, -0.05) is 12.1 Å². The van der Waals surface area contributed by atoms with Crippen LogP contribution < -0.4 is 15.0 Å². The molecule has 136 valence electrons. The number of ether oxygens (including phenoxy) is 1. The van der Waals surface area contributed by atoms with Crippen LogP contribution >= 0.6 is 0 Å². The van der Waals surface area contributed by atoms with Gasteiger partial charge in [-0.05, 0) is 61.2 Å². The zero-order valence-corrected chi connectivity index (χ0v) is 15.5. The van der Waals surface area contributed by atoms with E-state index in [-0.39, 0.29) is 18.2 Å². The Kier molecular flexibility index (Phi) is 5.26. The minimum absolute atomic E-state index is 0.0831. The Bertz CT molecular complexity index is 845. The zero-order chi connectivity index (χ0) is 18.7. The van der Waals surface area contributed by atoms with E-state index in [9.17, 15) is 9.59 Å². The van der Waals surface area contributed by atoms with Gasteiger partial charge in [-0.25, -0.2) is 0 Å². The molecule has 5 heteroatoms. The molecule has 1 fully saturated rings. The second kappa shape index (κ2) is 7.60. The van der Waals surface area contributed by atoms with Crippen molar-refractivity contribution in [1.82, 2.24) is 0 Å². The van der Waals surface area contributed by atoms with Crippen LogP contribution in [-0.4, -0.2) is 25.5 Å². The van der Waals surface area contributed by atoms with E-state index in [0.29, 0.717) is 6.42 Å². The number of nitrogens with zero attached hydrogens (tertiary/aromatic N) is 1. The van der Waals surface area contributed by atoms with Crippen molar-refractivity contribution >= 4 is 23.2 Å². The first-order valence-corrected chi connectivity index (χ1v) is 8.82. The van der Waals surface area contributed by atoms with Crippen LogP contribution in [0.3, 0.4) is 0 Å². The first-order valence-electron chi connectivity index (χ1n) is 8.82. The summed E-state index contributed by atoms with van der Waals surface area (Å²) in [6.45, 7) is 4.69. The van der Waals surface area contributed by atoms with Crippen LogP contribution in [0.4, 0.5) is 11.4 Å². The third kappa shape index (κ3) is 3.87. The number of methoxy groups -OCH3 is 1. The summed E-state index contributed by atoms with van der Waals surface area (Å²) >= 11 is 0. The summed E-state index contributed by atoms with van der Waals surface area (Å²) in [6, 6.07) is 11.4. The van der Waals surface area contributed by atoms with Gasteiger partial charge in [0, 0.05) is 24.3 Å². The lowest BCUT2D eigenvalue weighted by Crippen LogP contribution is -2.24. The van der Waals surface area contributed by atoms with Crippen molar-refractivity contribution in [3.8, 4) is 5.75 Å². The first kappa shape index (κ1) is 18.0. The molecular formula is C21H24N2O3. The summed E-state index contributed by atoms with van der Waals surface area (Å²) in [5, 5.41) is 2.93. The molecule has 0 aliphatic carbocycles. The number of benzene rings is 2. The number of aryl methyl sites for hydroxylation is 2. The molecule has 1 N–H and O–H groups in total. The first-order chi connectivity index (χ1) is 12.5. The molecule has 1 saturated heterocycles. The number of rotatable bonds is 5. The maximum atomic E-state index is 12.4. The van der Waals surface area contributed by atoms with Crippen molar-refractivity contribution in [3.63, 3.8) is 0 Å². The average Bonchev–Trinajstić information content (AvgIpc) is 3.02. The fourth-order valence-electron chi connectivity index (χ4n) is 3.30. The van der Waals surface area contributed by atoms with Crippen molar-refractivity contribution in [1.29, 1.82) is 0 Å². The Labute approximate surface area is 154 Å². The predicted octanol–water partition coefficient (Wildman–Crippen LogP) is 3.62. The lowest BCUT2D eigenvalue weighted by molar-refractivity contribution is -0.117. The molecule has 0 aromatic heterocycles. The molecule has 2 aromatic rings. The summed E-state index contributed by atoms with van der Waals surface area (Å²) in [6.07, 6.45) is 1.79. The second-order valence-corrected chi connectivity index (χ2v) is 6.68. The number of carbonyl (C=O) groups is 2. The molecule has 2 aromatic carbocycles. The summed E-state index contributed by atoms with van der Waals surface area (Å²) in [5.74, 6) is 0.865. The number of carbonyl (C=O) groups excluding carboxylic acids is 2. The van der Waals surface area contributed by atoms with Gasteiger partial charge in [-0.2, -0.15) is 0 Å². The van der Waals surface area contributed by atoms with Crippen molar-refractivity contribution in [2.75, 3.05) is 23.9 Å². The molecule has 1 heterocycles. The highest BCUT2D eigenvalue weighted by atomic mass is 16.5. The number of nitrogens with one attached hydrogen (secondary N) is 1. The monoisotopic (exact) mass is 352 g/mol. The standard InChI is InChI=1S/C21H24N2O3/c1-14-6-7-16(12-19(14)26-3)13-20(24)22-17-8-9-18(15(2)11-17)23-10-4-5-21(23)25/h6-9,11-12H,4-5,10,13H2,1-3H3,(H,22,24). The molecule has 2 amide bonds. The normalized spacial score (nSPS) is 13.8. The number of amides is 2. The largest absolute Gasteiger partial charge is 0.496 e. The van der Waals surface area contributed by atoms with Crippen LogP contribution in [0.5, 0.6) is 5.75 Å². The Morgan fingerprint density at radius 1 is 1.15 bits per heavy atom. The van der Waals surface area contributed by atoms with Crippen LogP contribution in [-0.2, 0) is 16.0 Å². The lowest BCUT2D eigenvalue weighted by Gasteiger charge is -2.19. The smallest absolute Gasteiger partial charge is 0.228 e. The summed E-state index contributed by atoms with van der Waals surface area (Å²) in [4.78, 5) is 26.1. The van der Waals surface area contributed by atoms with Crippen LogP contribution in [0.25, 0.3) is 0 Å². The van der Waals surface area contributed by atoms with Gasteiger partial charge in [0.2, 0.25) is 11.8 Å². The highest BCUT2D eigenvalue weighted by Gasteiger charge is 2.23. The molecule has 1 aliphatic heterocycles. The number of hydrogen-bond acceptors (Lipinski definition) is 3. The minimum atomic E-state index is -0.0831. The molecule has 0 radical (unpaired) electrons. The fraction of sp³-hybridized carbons (Fsp3) is 0.333. The Morgan fingerprint density at radius 2 is 1.96 bits per heavy atom. The molecule has 26 heavy (non-hydrogen) atoms. The van der Waals surface area contributed by atoms with E-state index in [2.05, 4.69) is 5.32 Å². The van der Waals surface area contributed by atoms with Crippen molar-refractivity contribution < 1.29 is 14.3 Å². The third-order valence-electron chi connectivity index (χ3n) is 4.68. The third-order valence-corrected chi connectivity index (χ3v) is 4.68. The zero-order valence-electron chi connectivity index (χ0n) is 15.5. The van der Waals surface area contributed by atoms with Gasteiger partial charge in [0.15, 0.2) is 0 Å². The highest BCUT2D eigenvalue weighted by molar-refractivity contribution is 5.97. The molecule has 1 aliphatic rings. The van der Waals surface area contributed by atoms with Gasteiger partial charge in [0.25, 0.3) is 0 Å². The van der Waals surface area contributed by atoms with Gasteiger partial charge in [0.05, 0.1) is 13.5 Å². The molecule has 5 nitrogen and oxygen atoms in total. The molecule has 0 unspecified atom stereocenters. The lowest BCUT2D eigenvalue weighted by atomic mass is 10.1. The van der Waals surface area contributed by atoms with Crippen LogP contribution in [0.1, 0.15) is 29.5 Å². The number of anilines is 2. The van der Waals surface area contributed by atoms with Gasteiger partial charge < -0.3 is 15.0 Å². The predicted molar refractivity (Wildman–Crippen MR) is 103 cm³/mol. The van der Waals surface area contributed by atoms with Gasteiger partial charge in [-0.15, -0.1) is 0 Å². The average molecular weight is 352 g/mol. The maximum absolute atomic E-state index is 12.4. The van der Waals surface area contributed by atoms with E-state index in [1.807, 2.05) is 55.1 Å². The molecular weight excluding hydrogens is 328 g/mol. The van der Waals surface area contributed by atoms with Crippen molar-refractivity contribution in [3.05, 3.63) is 53.1 Å². The van der Waals surface area contributed by atoms with E-state index in [4.69, 9.17) is 4.74 Å². The quantitative estimate of drug-likeness (QED) is 0.894. The molecule has 0 spiro atoms. The summed E-state index contributed by atoms with van der Waals surface area (Å²) < 4.78 is 5.31. The van der Waals surface area contributed by atoms with Crippen LogP contribution in [0.15, 0.2) is 36.4 Å². The highest BCUT2D eigenvalue weighted by Crippen LogP contribution is 2.27. The van der Waals surface area contributed by atoms with E-state index >= 15 is 0 Å². The fourth-order valence-corrected chi connectivity index (χ4v) is 3.30. The van der Waals surface area contributed by atoms with Crippen LogP contribution in [0.2, 0.25) is 0 Å². The summed E-state index contributed by atoms with van der Waals surface area (Å²) in [5.41, 5.74) is 4.59. The van der Waals surface area contributed by atoms with E-state index < -0.39 is 0 Å². The molecule has 0 atom stereocenters.